The monoisotopic (exact) mass is 302 g/mol. The third-order valence-corrected chi connectivity index (χ3v) is 3.29. The number of rotatable bonds is 2. The maximum atomic E-state index is 13.3. The summed E-state index contributed by atoms with van der Waals surface area (Å²) in [5, 5.41) is 0. The SMILES string of the molecule is CC(C)Cn1c(=S)[nH]c2cc(F)c(Br)cc21. The third-order valence-electron chi connectivity index (χ3n) is 2.36. The van der Waals surface area contributed by atoms with E-state index in [1.165, 1.54) is 6.07 Å². The highest BCUT2D eigenvalue weighted by molar-refractivity contribution is 9.10. The Morgan fingerprint density at radius 1 is 1.50 bits per heavy atom. The van der Waals surface area contributed by atoms with Crippen molar-refractivity contribution in [3.63, 3.8) is 0 Å². The van der Waals surface area contributed by atoms with Crippen molar-refractivity contribution in [1.82, 2.24) is 9.55 Å². The molecule has 16 heavy (non-hydrogen) atoms. The molecule has 86 valence electrons. The summed E-state index contributed by atoms with van der Waals surface area (Å²) in [4.78, 5) is 3.02. The van der Waals surface area contributed by atoms with Crippen LogP contribution in [-0.2, 0) is 6.54 Å². The molecule has 0 aliphatic rings. The molecule has 2 aromatic rings. The van der Waals surface area contributed by atoms with Gasteiger partial charge in [0.25, 0.3) is 0 Å². The molecule has 0 aliphatic heterocycles. The van der Waals surface area contributed by atoms with E-state index in [4.69, 9.17) is 12.2 Å². The normalized spacial score (nSPS) is 11.6. The highest BCUT2D eigenvalue weighted by Gasteiger charge is 2.09. The van der Waals surface area contributed by atoms with Crippen molar-refractivity contribution in [3.05, 3.63) is 27.2 Å². The predicted octanol–water partition coefficient (Wildman–Crippen LogP) is 4.26. The number of nitrogens with one attached hydrogen (secondary N) is 1. The van der Waals surface area contributed by atoms with Crippen LogP contribution in [0.4, 0.5) is 4.39 Å². The summed E-state index contributed by atoms with van der Waals surface area (Å²) in [6, 6.07) is 3.23. The fraction of sp³-hybridized carbons (Fsp3) is 0.364. The lowest BCUT2D eigenvalue weighted by atomic mass is 10.2. The topological polar surface area (TPSA) is 20.7 Å². The summed E-state index contributed by atoms with van der Waals surface area (Å²) in [6.07, 6.45) is 0. The first-order valence-electron chi connectivity index (χ1n) is 5.06. The Bertz CT molecular complexity index is 585. The number of benzene rings is 1. The van der Waals surface area contributed by atoms with Crippen molar-refractivity contribution in [2.45, 2.75) is 20.4 Å². The average Bonchev–Trinajstić information content (AvgIpc) is 2.45. The van der Waals surface area contributed by atoms with Crippen molar-refractivity contribution in [1.29, 1.82) is 0 Å². The Labute approximate surface area is 107 Å². The molecule has 1 aromatic heterocycles. The first kappa shape index (κ1) is 11.8. The molecular formula is C11H12BrFN2S. The van der Waals surface area contributed by atoms with E-state index in [0.717, 1.165) is 17.6 Å². The van der Waals surface area contributed by atoms with Gasteiger partial charge in [-0.2, -0.15) is 0 Å². The van der Waals surface area contributed by atoms with E-state index in [1.807, 2.05) is 4.57 Å². The van der Waals surface area contributed by atoms with Crippen LogP contribution < -0.4 is 0 Å². The van der Waals surface area contributed by atoms with Crippen LogP contribution in [0.25, 0.3) is 11.0 Å². The summed E-state index contributed by atoms with van der Waals surface area (Å²) in [5.74, 6) is 0.218. The maximum Gasteiger partial charge on any atom is 0.178 e. The highest BCUT2D eigenvalue weighted by atomic mass is 79.9. The van der Waals surface area contributed by atoms with Crippen molar-refractivity contribution in [2.75, 3.05) is 0 Å². The van der Waals surface area contributed by atoms with Crippen molar-refractivity contribution in [3.8, 4) is 0 Å². The molecule has 0 fully saturated rings. The van der Waals surface area contributed by atoms with E-state index >= 15 is 0 Å². The van der Waals surface area contributed by atoms with Crippen LogP contribution in [0.15, 0.2) is 16.6 Å². The van der Waals surface area contributed by atoms with Crippen LogP contribution in [0.3, 0.4) is 0 Å². The second-order valence-corrected chi connectivity index (χ2v) is 5.46. The van der Waals surface area contributed by atoms with Gasteiger partial charge < -0.3 is 9.55 Å². The van der Waals surface area contributed by atoms with Gasteiger partial charge in [-0.05, 0) is 40.1 Å². The van der Waals surface area contributed by atoms with Crippen LogP contribution in [0.1, 0.15) is 13.8 Å². The summed E-state index contributed by atoms with van der Waals surface area (Å²) in [5.41, 5.74) is 1.68. The van der Waals surface area contributed by atoms with Crippen molar-refractivity contribution >= 4 is 39.2 Å². The first-order valence-corrected chi connectivity index (χ1v) is 6.26. The van der Waals surface area contributed by atoms with Gasteiger partial charge in [-0.1, -0.05) is 13.8 Å². The lowest BCUT2D eigenvalue weighted by molar-refractivity contribution is 0.528. The third kappa shape index (κ3) is 2.06. The Balaban J connectivity index is 2.69. The lowest BCUT2D eigenvalue weighted by Crippen LogP contribution is -2.04. The van der Waals surface area contributed by atoms with Gasteiger partial charge in [0, 0.05) is 12.6 Å². The molecule has 2 rings (SSSR count). The molecule has 1 N–H and O–H groups in total. The van der Waals surface area contributed by atoms with E-state index in [1.54, 1.807) is 6.07 Å². The number of nitrogens with zero attached hydrogens (tertiary/aromatic N) is 1. The highest BCUT2D eigenvalue weighted by Crippen LogP contribution is 2.23. The van der Waals surface area contributed by atoms with Crippen LogP contribution in [0.2, 0.25) is 0 Å². The predicted molar refractivity (Wildman–Crippen MR) is 69.6 cm³/mol. The van der Waals surface area contributed by atoms with E-state index in [9.17, 15) is 4.39 Å². The van der Waals surface area contributed by atoms with E-state index in [2.05, 4.69) is 34.8 Å². The van der Waals surface area contributed by atoms with E-state index in [-0.39, 0.29) is 5.82 Å². The summed E-state index contributed by atoms with van der Waals surface area (Å²) < 4.78 is 16.4. The minimum absolute atomic E-state index is 0.277. The van der Waals surface area contributed by atoms with Crippen LogP contribution >= 0.6 is 28.1 Å². The number of hydrogen-bond donors (Lipinski definition) is 1. The van der Waals surface area contributed by atoms with Crippen LogP contribution in [0.5, 0.6) is 0 Å². The molecule has 1 heterocycles. The molecule has 0 spiro atoms. The lowest BCUT2D eigenvalue weighted by Gasteiger charge is -2.07. The molecule has 2 nitrogen and oxygen atoms in total. The number of aromatic amines is 1. The van der Waals surface area contributed by atoms with Gasteiger partial charge >= 0.3 is 0 Å². The van der Waals surface area contributed by atoms with E-state index in [0.29, 0.717) is 15.2 Å². The number of fused-ring (bicyclic) bond motifs is 1. The second-order valence-electron chi connectivity index (χ2n) is 4.22. The molecule has 0 unspecified atom stereocenters. The Morgan fingerprint density at radius 3 is 2.81 bits per heavy atom. The van der Waals surface area contributed by atoms with Gasteiger partial charge in [0.05, 0.1) is 15.5 Å². The summed E-state index contributed by atoms with van der Waals surface area (Å²) in [6.45, 7) is 5.08. The van der Waals surface area contributed by atoms with E-state index < -0.39 is 0 Å². The van der Waals surface area contributed by atoms with Gasteiger partial charge in [0.2, 0.25) is 0 Å². The number of halogens is 2. The largest absolute Gasteiger partial charge is 0.330 e. The smallest absolute Gasteiger partial charge is 0.178 e. The fourth-order valence-corrected chi connectivity index (χ4v) is 2.31. The number of imidazole rings is 1. The first-order chi connectivity index (χ1) is 7.49. The van der Waals surface area contributed by atoms with Gasteiger partial charge in [-0.15, -0.1) is 0 Å². The summed E-state index contributed by atoms with van der Waals surface area (Å²) in [7, 11) is 0. The number of hydrogen-bond acceptors (Lipinski definition) is 1. The second kappa shape index (κ2) is 4.30. The molecule has 0 atom stereocenters. The Morgan fingerprint density at radius 2 is 2.19 bits per heavy atom. The molecule has 0 bridgehead atoms. The quantitative estimate of drug-likeness (QED) is 0.822. The molecule has 0 saturated carbocycles. The van der Waals surface area contributed by atoms with Crippen molar-refractivity contribution in [2.24, 2.45) is 5.92 Å². The van der Waals surface area contributed by atoms with Gasteiger partial charge in [-0.25, -0.2) is 4.39 Å². The van der Waals surface area contributed by atoms with Crippen molar-refractivity contribution < 1.29 is 4.39 Å². The van der Waals surface area contributed by atoms with Gasteiger partial charge in [-0.3, -0.25) is 0 Å². The number of aromatic nitrogens is 2. The molecule has 0 saturated heterocycles. The minimum Gasteiger partial charge on any atom is -0.330 e. The zero-order valence-corrected chi connectivity index (χ0v) is 11.5. The fourth-order valence-electron chi connectivity index (χ4n) is 1.70. The molecule has 0 amide bonds. The minimum atomic E-state index is -0.277. The molecular weight excluding hydrogens is 291 g/mol. The van der Waals surface area contributed by atoms with Gasteiger partial charge in [0.15, 0.2) is 4.77 Å². The van der Waals surface area contributed by atoms with Gasteiger partial charge in [0.1, 0.15) is 5.82 Å². The van der Waals surface area contributed by atoms with Crippen LogP contribution in [0, 0.1) is 16.5 Å². The standard InChI is InChI=1S/C11H12BrFN2S/c1-6(2)5-15-10-3-7(12)8(13)4-9(10)14-11(15)16/h3-4,6H,5H2,1-2H3,(H,14,16). The summed E-state index contributed by atoms with van der Waals surface area (Å²) >= 11 is 8.42. The van der Waals surface area contributed by atoms with Crippen LogP contribution in [-0.4, -0.2) is 9.55 Å². The zero-order valence-electron chi connectivity index (χ0n) is 9.05. The molecule has 1 aromatic carbocycles. The Hall–Kier alpha value is -0.680. The Kier molecular flexibility index (Phi) is 3.17. The average molecular weight is 303 g/mol. The zero-order chi connectivity index (χ0) is 11.9. The molecule has 5 heteroatoms. The number of H-pyrrole nitrogens is 1. The maximum absolute atomic E-state index is 13.3. The molecule has 0 radical (unpaired) electrons. The molecule has 0 aliphatic carbocycles.